The smallest absolute Gasteiger partial charge is 0.125 e. The van der Waals surface area contributed by atoms with E-state index in [0.717, 1.165) is 24.2 Å². The van der Waals surface area contributed by atoms with Crippen LogP contribution in [-0.2, 0) is 0 Å². The molecule has 0 heterocycles. The zero-order valence-corrected chi connectivity index (χ0v) is 12.7. The van der Waals surface area contributed by atoms with Crippen LogP contribution in [0, 0.1) is 12.3 Å². The van der Waals surface area contributed by atoms with Crippen LogP contribution in [0.5, 0.6) is 5.75 Å². The highest BCUT2D eigenvalue weighted by atomic mass is 16.5. The molecular formula is C17H26O2. The van der Waals surface area contributed by atoms with Crippen molar-refractivity contribution in [3.8, 4) is 5.75 Å². The molecule has 0 spiro atoms. The van der Waals surface area contributed by atoms with E-state index < -0.39 is 0 Å². The van der Waals surface area contributed by atoms with Crippen molar-refractivity contribution in [1.82, 2.24) is 0 Å². The van der Waals surface area contributed by atoms with E-state index in [4.69, 9.17) is 4.74 Å². The molecule has 0 saturated heterocycles. The molecule has 2 unspecified atom stereocenters. The molecular weight excluding hydrogens is 236 g/mol. The summed E-state index contributed by atoms with van der Waals surface area (Å²) in [6.45, 7) is 10.6. The molecule has 0 aromatic heterocycles. The maximum absolute atomic E-state index is 10.3. The van der Waals surface area contributed by atoms with Gasteiger partial charge in [-0.2, -0.15) is 0 Å². The van der Waals surface area contributed by atoms with Gasteiger partial charge in [0.2, 0.25) is 0 Å². The third kappa shape index (κ3) is 2.94. The zero-order valence-electron chi connectivity index (χ0n) is 12.7. The highest BCUT2D eigenvalue weighted by Crippen LogP contribution is 2.40. The van der Waals surface area contributed by atoms with Crippen LogP contribution in [0.2, 0.25) is 0 Å². The minimum Gasteiger partial charge on any atom is -0.487 e. The third-order valence-electron chi connectivity index (χ3n) is 4.38. The summed E-state index contributed by atoms with van der Waals surface area (Å²) in [7, 11) is 0. The molecule has 1 saturated carbocycles. The largest absolute Gasteiger partial charge is 0.487 e. The summed E-state index contributed by atoms with van der Waals surface area (Å²) < 4.78 is 6.09. The minimum atomic E-state index is -0.380. The molecule has 2 heteroatoms. The lowest BCUT2D eigenvalue weighted by molar-refractivity contribution is 0.00464. The molecule has 0 amide bonds. The molecule has 2 rings (SSSR count). The lowest BCUT2D eigenvalue weighted by Gasteiger charge is -2.26. The fraction of sp³-hybridized carbons (Fsp3) is 0.647. The van der Waals surface area contributed by atoms with Crippen LogP contribution in [-0.4, -0.2) is 17.3 Å². The summed E-state index contributed by atoms with van der Waals surface area (Å²) in [5, 5.41) is 10.3. The van der Waals surface area contributed by atoms with Gasteiger partial charge in [0.05, 0.1) is 6.10 Å². The Balaban J connectivity index is 2.18. The van der Waals surface area contributed by atoms with Crippen LogP contribution in [0.4, 0.5) is 0 Å². The van der Waals surface area contributed by atoms with Crippen LogP contribution in [0.25, 0.3) is 0 Å². The summed E-state index contributed by atoms with van der Waals surface area (Å²) >= 11 is 0. The molecule has 1 N–H and O–H groups in total. The van der Waals surface area contributed by atoms with Crippen molar-refractivity contribution in [2.24, 2.45) is 5.41 Å². The highest BCUT2D eigenvalue weighted by Gasteiger charge is 2.42. The van der Waals surface area contributed by atoms with E-state index in [0.29, 0.717) is 5.92 Å². The zero-order chi connectivity index (χ0) is 14.2. The predicted molar refractivity (Wildman–Crippen MR) is 78.7 cm³/mol. The summed E-state index contributed by atoms with van der Waals surface area (Å²) in [6.07, 6.45) is 1.49. The first-order chi connectivity index (χ1) is 8.81. The van der Waals surface area contributed by atoms with Gasteiger partial charge in [0.25, 0.3) is 0 Å². The second kappa shape index (κ2) is 5.16. The third-order valence-corrected chi connectivity index (χ3v) is 4.38. The Hall–Kier alpha value is -1.02. The van der Waals surface area contributed by atoms with E-state index in [1.54, 1.807) is 0 Å². The number of hydrogen-bond acceptors (Lipinski definition) is 2. The number of hydrogen-bond donors (Lipinski definition) is 1. The van der Waals surface area contributed by atoms with Crippen molar-refractivity contribution in [3.05, 3.63) is 29.3 Å². The van der Waals surface area contributed by atoms with E-state index >= 15 is 0 Å². The van der Waals surface area contributed by atoms with Crippen LogP contribution in [0.3, 0.4) is 0 Å². The van der Waals surface area contributed by atoms with Crippen molar-refractivity contribution in [2.75, 3.05) is 0 Å². The van der Waals surface area contributed by atoms with Gasteiger partial charge in [0.1, 0.15) is 11.9 Å². The Bertz CT molecular complexity index is 449. The predicted octanol–water partition coefficient (Wildman–Crippen LogP) is 4.05. The minimum absolute atomic E-state index is 0.0335. The SMILES string of the molecule is Cc1ccc(C(C)C)cc1OC1CCC(C)(C)C1O. The first-order valence-electron chi connectivity index (χ1n) is 7.26. The maximum atomic E-state index is 10.3. The normalized spacial score (nSPS) is 25.8. The number of aliphatic hydroxyl groups excluding tert-OH is 1. The molecule has 1 fully saturated rings. The molecule has 0 bridgehead atoms. The van der Waals surface area contributed by atoms with Crippen molar-refractivity contribution < 1.29 is 9.84 Å². The van der Waals surface area contributed by atoms with Crippen molar-refractivity contribution in [1.29, 1.82) is 0 Å². The summed E-state index contributed by atoms with van der Waals surface area (Å²) in [5.41, 5.74) is 2.39. The second-order valence-corrected chi connectivity index (χ2v) is 6.81. The molecule has 19 heavy (non-hydrogen) atoms. The van der Waals surface area contributed by atoms with E-state index in [9.17, 15) is 5.11 Å². The maximum Gasteiger partial charge on any atom is 0.125 e. The van der Waals surface area contributed by atoms with E-state index in [1.807, 2.05) is 0 Å². The topological polar surface area (TPSA) is 29.5 Å². The molecule has 1 aliphatic carbocycles. The molecule has 1 aromatic rings. The van der Waals surface area contributed by atoms with Gasteiger partial charge in [-0.25, -0.2) is 0 Å². The van der Waals surface area contributed by atoms with Gasteiger partial charge in [-0.1, -0.05) is 39.8 Å². The number of rotatable bonds is 3. The van der Waals surface area contributed by atoms with E-state index in [2.05, 4.69) is 52.8 Å². The van der Waals surface area contributed by atoms with Gasteiger partial charge in [0, 0.05) is 0 Å². The summed E-state index contributed by atoms with van der Waals surface area (Å²) in [5.74, 6) is 1.42. The fourth-order valence-electron chi connectivity index (χ4n) is 2.71. The first kappa shape index (κ1) is 14.4. The van der Waals surface area contributed by atoms with Crippen LogP contribution in [0.15, 0.2) is 18.2 Å². The summed E-state index contributed by atoms with van der Waals surface area (Å²) in [4.78, 5) is 0. The fourth-order valence-corrected chi connectivity index (χ4v) is 2.71. The molecule has 2 atom stereocenters. The van der Waals surface area contributed by atoms with E-state index in [1.165, 1.54) is 5.56 Å². The van der Waals surface area contributed by atoms with Gasteiger partial charge < -0.3 is 9.84 Å². The van der Waals surface area contributed by atoms with Gasteiger partial charge in [-0.15, -0.1) is 0 Å². The average molecular weight is 262 g/mol. The second-order valence-electron chi connectivity index (χ2n) is 6.81. The number of aryl methyl sites for hydroxylation is 1. The molecule has 106 valence electrons. The highest BCUT2D eigenvalue weighted by molar-refractivity contribution is 5.38. The van der Waals surface area contributed by atoms with Crippen LogP contribution in [0.1, 0.15) is 57.6 Å². The van der Waals surface area contributed by atoms with E-state index in [-0.39, 0.29) is 17.6 Å². The Labute approximate surface area is 116 Å². The van der Waals surface area contributed by atoms with Crippen LogP contribution < -0.4 is 4.74 Å². The molecule has 1 aliphatic rings. The van der Waals surface area contributed by atoms with Gasteiger partial charge in [-0.3, -0.25) is 0 Å². The quantitative estimate of drug-likeness (QED) is 0.890. The molecule has 2 nitrogen and oxygen atoms in total. The lowest BCUT2D eigenvalue weighted by atomic mass is 9.89. The Morgan fingerprint density at radius 1 is 1.32 bits per heavy atom. The Morgan fingerprint density at radius 3 is 2.53 bits per heavy atom. The van der Waals surface area contributed by atoms with Crippen molar-refractivity contribution in [2.45, 2.75) is 65.6 Å². The molecule has 0 radical (unpaired) electrons. The van der Waals surface area contributed by atoms with Gasteiger partial charge in [-0.05, 0) is 48.3 Å². The lowest BCUT2D eigenvalue weighted by Crippen LogP contribution is -2.34. The standard InChI is InChI=1S/C17H26O2/c1-11(2)13-7-6-12(3)15(10-13)19-14-8-9-17(4,5)16(14)18/h6-7,10-11,14,16,18H,8-9H2,1-5H3. The number of benzene rings is 1. The summed E-state index contributed by atoms with van der Waals surface area (Å²) in [6, 6.07) is 6.39. The molecule has 1 aromatic carbocycles. The average Bonchev–Trinajstić information content (AvgIpc) is 2.58. The van der Waals surface area contributed by atoms with Crippen LogP contribution >= 0.6 is 0 Å². The Kier molecular flexibility index (Phi) is 3.91. The number of aliphatic hydroxyl groups is 1. The Morgan fingerprint density at radius 2 is 2.00 bits per heavy atom. The van der Waals surface area contributed by atoms with Crippen molar-refractivity contribution >= 4 is 0 Å². The van der Waals surface area contributed by atoms with Gasteiger partial charge in [0.15, 0.2) is 0 Å². The van der Waals surface area contributed by atoms with Gasteiger partial charge >= 0.3 is 0 Å². The monoisotopic (exact) mass is 262 g/mol. The molecule has 0 aliphatic heterocycles. The van der Waals surface area contributed by atoms with Crippen molar-refractivity contribution in [3.63, 3.8) is 0 Å². The number of ether oxygens (including phenoxy) is 1. The first-order valence-corrected chi connectivity index (χ1v) is 7.26.